The Bertz CT molecular complexity index is 570. The van der Waals surface area contributed by atoms with Crippen LogP contribution < -0.4 is 5.32 Å². The van der Waals surface area contributed by atoms with Gasteiger partial charge in [0.1, 0.15) is 11.0 Å². The Morgan fingerprint density at radius 2 is 1.94 bits per heavy atom. The van der Waals surface area contributed by atoms with Crippen LogP contribution in [0.1, 0.15) is 12.5 Å². The van der Waals surface area contributed by atoms with E-state index in [1.54, 1.807) is 18.2 Å². The fraction of sp³-hybridized carbons (Fsp3) is 0.333. The first-order valence-electron chi connectivity index (χ1n) is 5.33. The third-order valence-electron chi connectivity index (χ3n) is 2.49. The highest BCUT2D eigenvalue weighted by molar-refractivity contribution is 7.92. The van der Waals surface area contributed by atoms with Gasteiger partial charge in [-0.3, -0.25) is 4.79 Å². The molecule has 1 N–H and O–H groups in total. The molecule has 1 rings (SSSR count). The summed E-state index contributed by atoms with van der Waals surface area (Å²) in [6.07, 6.45) is 0. The monoisotopic (exact) mass is 266 g/mol. The highest BCUT2D eigenvalue weighted by atomic mass is 32.2. The molecule has 1 amide bonds. The molecule has 0 radical (unpaired) electrons. The number of amides is 1. The van der Waals surface area contributed by atoms with E-state index in [4.69, 9.17) is 5.26 Å². The Kier molecular flexibility index (Phi) is 4.45. The zero-order valence-corrected chi connectivity index (χ0v) is 11.0. The zero-order valence-electron chi connectivity index (χ0n) is 10.2. The molecular weight excluding hydrogens is 252 g/mol. The van der Waals surface area contributed by atoms with Crippen LogP contribution >= 0.6 is 0 Å². The smallest absolute Gasteiger partial charge is 0.242 e. The molecule has 0 aliphatic carbocycles. The van der Waals surface area contributed by atoms with E-state index in [0.29, 0.717) is 5.69 Å². The minimum absolute atomic E-state index is 0.532. The standard InChI is InChI=1S/C12H14N2O3S/c1-9-3-5-11(6-4-9)14-12(15)10(2)18(16,17)8-7-13/h3-6,10H,8H2,1-2H3,(H,14,15). The molecule has 0 heterocycles. The maximum absolute atomic E-state index is 11.7. The number of hydrogen-bond donors (Lipinski definition) is 1. The summed E-state index contributed by atoms with van der Waals surface area (Å²) in [5.41, 5.74) is 1.57. The molecule has 96 valence electrons. The SMILES string of the molecule is Cc1ccc(NC(=O)C(C)S(=O)(=O)CC#N)cc1. The van der Waals surface area contributed by atoms with Gasteiger partial charge in [0.15, 0.2) is 9.84 Å². The van der Waals surface area contributed by atoms with Crippen LogP contribution in [0.4, 0.5) is 5.69 Å². The predicted molar refractivity (Wildman–Crippen MR) is 68.7 cm³/mol. The first-order chi connectivity index (χ1) is 8.36. The van der Waals surface area contributed by atoms with Crippen molar-refractivity contribution >= 4 is 21.4 Å². The van der Waals surface area contributed by atoms with Crippen molar-refractivity contribution in [1.82, 2.24) is 0 Å². The van der Waals surface area contributed by atoms with Gasteiger partial charge in [-0.15, -0.1) is 0 Å². The topological polar surface area (TPSA) is 87.0 Å². The van der Waals surface area contributed by atoms with Gasteiger partial charge in [-0.25, -0.2) is 8.42 Å². The molecular formula is C12H14N2O3S. The van der Waals surface area contributed by atoms with E-state index in [1.165, 1.54) is 6.92 Å². The van der Waals surface area contributed by atoms with Crippen LogP contribution in [0.25, 0.3) is 0 Å². The van der Waals surface area contributed by atoms with Gasteiger partial charge in [-0.1, -0.05) is 17.7 Å². The van der Waals surface area contributed by atoms with Crippen LogP contribution in [-0.2, 0) is 14.6 Å². The molecule has 0 aromatic heterocycles. The molecule has 1 aromatic rings. The second-order valence-corrected chi connectivity index (χ2v) is 6.28. The van der Waals surface area contributed by atoms with Gasteiger partial charge in [0.25, 0.3) is 0 Å². The summed E-state index contributed by atoms with van der Waals surface area (Å²) in [4.78, 5) is 11.7. The number of rotatable bonds is 4. The number of benzene rings is 1. The highest BCUT2D eigenvalue weighted by Gasteiger charge is 2.27. The summed E-state index contributed by atoms with van der Waals surface area (Å²) in [5, 5.41) is 9.66. The summed E-state index contributed by atoms with van der Waals surface area (Å²) in [5.74, 6) is -1.29. The van der Waals surface area contributed by atoms with Crippen molar-refractivity contribution < 1.29 is 13.2 Å². The summed E-state index contributed by atoms with van der Waals surface area (Å²) < 4.78 is 23.1. The molecule has 0 aliphatic rings. The van der Waals surface area contributed by atoms with Crippen LogP contribution in [0, 0.1) is 18.3 Å². The first kappa shape index (κ1) is 14.2. The highest BCUT2D eigenvalue weighted by Crippen LogP contribution is 2.11. The molecule has 0 spiro atoms. The number of nitrogens with zero attached hydrogens (tertiary/aromatic N) is 1. The van der Waals surface area contributed by atoms with Crippen LogP contribution in [0.2, 0.25) is 0 Å². The maximum Gasteiger partial charge on any atom is 0.242 e. The van der Waals surface area contributed by atoms with E-state index in [0.717, 1.165) is 5.56 Å². The fourth-order valence-electron chi connectivity index (χ4n) is 1.26. The molecule has 0 bridgehead atoms. The second kappa shape index (κ2) is 5.65. The number of nitriles is 1. The largest absolute Gasteiger partial charge is 0.325 e. The Labute approximate surface area is 106 Å². The van der Waals surface area contributed by atoms with Gasteiger partial charge in [0.05, 0.1) is 6.07 Å². The average molecular weight is 266 g/mol. The lowest BCUT2D eigenvalue weighted by atomic mass is 10.2. The van der Waals surface area contributed by atoms with E-state index >= 15 is 0 Å². The minimum Gasteiger partial charge on any atom is -0.325 e. The van der Waals surface area contributed by atoms with Crippen molar-refractivity contribution in [3.63, 3.8) is 0 Å². The molecule has 0 fully saturated rings. The van der Waals surface area contributed by atoms with Gasteiger partial charge < -0.3 is 5.32 Å². The van der Waals surface area contributed by atoms with Gasteiger partial charge in [0.2, 0.25) is 5.91 Å². The number of hydrogen-bond acceptors (Lipinski definition) is 4. The van der Waals surface area contributed by atoms with Crippen LogP contribution in [-0.4, -0.2) is 25.3 Å². The van der Waals surface area contributed by atoms with Crippen molar-refractivity contribution in [2.24, 2.45) is 0 Å². The molecule has 0 saturated carbocycles. The molecule has 0 saturated heterocycles. The van der Waals surface area contributed by atoms with E-state index in [1.807, 2.05) is 19.1 Å². The van der Waals surface area contributed by atoms with E-state index in [2.05, 4.69) is 5.32 Å². The number of carbonyl (C=O) groups is 1. The molecule has 18 heavy (non-hydrogen) atoms. The van der Waals surface area contributed by atoms with E-state index in [-0.39, 0.29) is 0 Å². The predicted octanol–water partition coefficient (Wildman–Crippen LogP) is 1.26. The van der Waals surface area contributed by atoms with Crippen molar-refractivity contribution in [3.05, 3.63) is 29.8 Å². The van der Waals surface area contributed by atoms with Gasteiger partial charge in [-0.2, -0.15) is 5.26 Å². The van der Waals surface area contributed by atoms with E-state index < -0.39 is 26.7 Å². The molecule has 5 nitrogen and oxygen atoms in total. The van der Waals surface area contributed by atoms with Crippen LogP contribution in [0.3, 0.4) is 0 Å². The van der Waals surface area contributed by atoms with Crippen molar-refractivity contribution in [1.29, 1.82) is 5.26 Å². The lowest BCUT2D eigenvalue weighted by Gasteiger charge is -2.11. The third-order valence-corrected chi connectivity index (χ3v) is 4.32. The molecule has 6 heteroatoms. The summed E-state index contributed by atoms with van der Waals surface area (Å²) >= 11 is 0. The quantitative estimate of drug-likeness (QED) is 0.888. The molecule has 1 unspecified atom stereocenters. The number of nitrogens with one attached hydrogen (secondary N) is 1. The number of anilines is 1. The fourth-order valence-corrected chi connectivity index (χ4v) is 2.07. The van der Waals surface area contributed by atoms with E-state index in [9.17, 15) is 13.2 Å². The summed E-state index contributed by atoms with van der Waals surface area (Å²) in [7, 11) is -3.71. The lowest BCUT2D eigenvalue weighted by molar-refractivity contribution is -0.115. The Morgan fingerprint density at radius 3 is 2.44 bits per heavy atom. The van der Waals surface area contributed by atoms with Crippen LogP contribution in [0.15, 0.2) is 24.3 Å². The Hall–Kier alpha value is -1.87. The Balaban J connectivity index is 2.78. The van der Waals surface area contributed by atoms with Gasteiger partial charge in [0, 0.05) is 5.69 Å². The van der Waals surface area contributed by atoms with Gasteiger partial charge in [-0.05, 0) is 26.0 Å². The number of aryl methyl sites for hydroxylation is 1. The van der Waals surface area contributed by atoms with Crippen LogP contribution in [0.5, 0.6) is 0 Å². The normalized spacial score (nSPS) is 12.5. The number of carbonyl (C=O) groups excluding carboxylic acids is 1. The van der Waals surface area contributed by atoms with Gasteiger partial charge >= 0.3 is 0 Å². The third kappa shape index (κ3) is 3.57. The molecule has 0 aliphatic heterocycles. The number of sulfone groups is 1. The minimum atomic E-state index is -3.71. The summed E-state index contributed by atoms with van der Waals surface area (Å²) in [6, 6.07) is 8.55. The Morgan fingerprint density at radius 1 is 1.39 bits per heavy atom. The summed E-state index contributed by atoms with van der Waals surface area (Å²) in [6.45, 7) is 3.18. The average Bonchev–Trinajstić information content (AvgIpc) is 2.31. The van der Waals surface area contributed by atoms with Crippen molar-refractivity contribution in [3.8, 4) is 6.07 Å². The first-order valence-corrected chi connectivity index (χ1v) is 7.04. The van der Waals surface area contributed by atoms with Crippen molar-refractivity contribution in [2.75, 3.05) is 11.1 Å². The maximum atomic E-state index is 11.7. The second-order valence-electron chi connectivity index (χ2n) is 3.96. The zero-order chi connectivity index (χ0) is 13.8. The lowest BCUT2D eigenvalue weighted by Crippen LogP contribution is -2.33. The molecule has 1 aromatic carbocycles. The molecule has 1 atom stereocenters. The van der Waals surface area contributed by atoms with Crippen molar-refractivity contribution in [2.45, 2.75) is 19.1 Å².